The molecule has 0 nitrogen and oxygen atoms in total. The van der Waals surface area contributed by atoms with E-state index in [-0.39, 0.29) is 0 Å². The first-order valence-corrected chi connectivity index (χ1v) is 28.3. The SMILES string of the molecule is ClP(C1CCCCC1)(C1CCCCC1)(C1CCCCC1)C(c1ccccc1)P(Cl)(C1CCCCC1)(C1CCCCC1)C1CCCCC1. The molecule has 0 bridgehead atoms. The Hall–Kier alpha value is 0.660. The van der Waals surface area contributed by atoms with Crippen molar-refractivity contribution in [2.75, 3.05) is 0 Å². The van der Waals surface area contributed by atoms with E-state index in [1.165, 1.54) is 193 Å². The number of rotatable bonds is 9. The maximum atomic E-state index is 9.95. The molecule has 0 heterocycles. The number of hydrogen-bond donors (Lipinski definition) is 0. The molecule has 0 amide bonds. The second kappa shape index (κ2) is 15.3. The Labute approximate surface area is 300 Å². The molecule has 6 aliphatic rings. The summed E-state index contributed by atoms with van der Waals surface area (Å²) in [5, 5.41) is 0.486. The first-order chi connectivity index (χ1) is 23.0. The number of benzene rings is 1. The quantitative estimate of drug-likeness (QED) is 0.223. The molecule has 0 N–H and O–H groups in total. The maximum absolute atomic E-state index is 9.95. The zero-order chi connectivity index (χ0) is 32.3. The zero-order valence-electron chi connectivity index (χ0n) is 30.3. The molecule has 0 atom stereocenters. The van der Waals surface area contributed by atoms with Gasteiger partial charge < -0.3 is 0 Å². The van der Waals surface area contributed by atoms with Gasteiger partial charge in [0.2, 0.25) is 0 Å². The fourth-order valence-electron chi connectivity index (χ4n) is 14.5. The molecule has 7 rings (SSSR count). The molecule has 0 aromatic heterocycles. The monoisotopic (exact) mass is 720 g/mol. The molecule has 268 valence electrons. The van der Waals surface area contributed by atoms with Gasteiger partial charge in [0.05, 0.1) is 0 Å². The summed E-state index contributed by atoms with van der Waals surface area (Å²) in [7, 11) is 0. The van der Waals surface area contributed by atoms with Gasteiger partial charge in [-0.25, -0.2) is 0 Å². The third kappa shape index (κ3) is 5.99. The predicted octanol–water partition coefficient (Wildman–Crippen LogP) is 16.1. The van der Waals surface area contributed by atoms with Crippen LogP contribution in [0.2, 0.25) is 0 Å². The van der Waals surface area contributed by atoms with E-state index in [1.807, 2.05) is 0 Å². The Balaban J connectivity index is 1.61. The Morgan fingerprint density at radius 3 is 0.766 bits per heavy atom. The summed E-state index contributed by atoms with van der Waals surface area (Å²) < 4.78 is 0. The van der Waals surface area contributed by atoms with Crippen molar-refractivity contribution in [2.45, 2.75) is 232 Å². The van der Waals surface area contributed by atoms with Crippen molar-refractivity contribution < 1.29 is 0 Å². The molecule has 47 heavy (non-hydrogen) atoms. The first-order valence-electron chi connectivity index (χ1n) is 21.5. The van der Waals surface area contributed by atoms with Gasteiger partial charge in [-0.2, -0.15) is 0 Å². The van der Waals surface area contributed by atoms with Crippen LogP contribution >= 0.6 is 34.4 Å². The predicted molar refractivity (Wildman–Crippen MR) is 216 cm³/mol. The van der Waals surface area contributed by atoms with Crippen LogP contribution in [0.3, 0.4) is 0 Å². The van der Waals surface area contributed by atoms with Crippen LogP contribution in [0.1, 0.15) is 204 Å². The van der Waals surface area contributed by atoms with Crippen LogP contribution in [0.15, 0.2) is 30.3 Å². The van der Waals surface area contributed by atoms with Crippen LogP contribution in [-0.2, 0) is 0 Å². The van der Waals surface area contributed by atoms with E-state index >= 15 is 0 Å². The van der Waals surface area contributed by atoms with Crippen molar-refractivity contribution >= 4 is 34.4 Å². The van der Waals surface area contributed by atoms with E-state index < -0.39 is 11.9 Å². The van der Waals surface area contributed by atoms with E-state index in [2.05, 4.69) is 30.3 Å². The van der Waals surface area contributed by atoms with Crippen LogP contribution in [0.4, 0.5) is 0 Å². The van der Waals surface area contributed by atoms with Crippen molar-refractivity contribution in [3.05, 3.63) is 35.9 Å². The van der Waals surface area contributed by atoms with Gasteiger partial charge in [0, 0.05) is 0 Å². The van der Waals surface area contributed by atoms with E-state index in [4.69, 9.17) is 0 Å². The van der Waals surface area contributed by atoms with Crippen molar-refractivity contribution in [2.24, 2.45) is 0 Å². The minimum atomic E-state index is -3.08. The topological polar surface area (TPSA) is 0 Å². The fraction of sp³-hybridized carbons (Fsp3) is 0.860. The third-order valence-electron chi connectivity index (χ3n) is 16.2. The summed E-state index contributed by atoms with van der Waals surface area (Å²) in [4.78, 5) is 0. The molecule has 0 radical (unpaired) electrons. The number of hydrogen-bond acceptors (Lipinski definition) is 0. The van der Waals surface area contributed by atoms with Crippen LogP contribution in [0.5, 0.6) is 0 Å². The normalized spacial score (nSPS) is 29.0. The second-order valence-corrected chi connectivity index (χ2v) is 33.8. The molecular weight excluding hydrogens is 649 g/mol. The molecule has 4 heteroatoms. The molecule has 0 unspecified atom stereocenters. The van der Waals surface area contributed by atoms with Crippen molar-refractivity contribution in [3.8, 4) is 0 Å². The van der Waals surface area contributed by atoms with Gasteiger partial charge >= 0.3 is 302 Å². The van der Waals surface area contributed by atoms with Crippen molar-refractivity contribution in [1.29, 1.82) is 0 Å². The summed E-state index contributed by atoms with van der Waals surface area (Å²) >= 11 is 19.9. The van der Waals surface area contributed by atoms with Gasteiger partial charge in [-0.15, -0.1) is 0 Å². The molecule has 6 aliphatic carbocycles. The van der Waals surface area contributed by atoms with Crippen LogP contribution in [-0.4, -0.2) is 34.0 Å². The summed E-state index contributed by atoms with van der Waals surface area (Å²) in [6.45, 7) is 0. The molecule has 0 aliphatic heterocycles. The molecule has 1 aromatic carbocycles. The molecule has 6 saturated carbocycles. The van der Waals surface area contributed by atoms with E-state index in [0.717, 1.165) is 34.0 Å². The molecule has 1 aromatic rings. The van der Waals surface area contributed by atoms with Gasteiger partial charge in [0.1, 0.15) is 0 Å². The minimum absolute atomic E-state index is 0.486. The Morgan fingerprint density at radius 2 is 0.553 bits per heavy atom. The van der Waals surface area contributed by atoms with Gasteiger partial charge in [0.15, 0.2) is 0 Å². The Bertz CT molecular complexity index is 949. The van der Waals surface area contributed by atoms with Crippen molar-refractivity contribution in [1.82, 2.24) is 0 Å². The average molecular weight is 722 g/mol. The van der Waals surface area contributed by atoms with Crippen LogP contribution < -0.4 is 0 Å². The Kier molecular flexibility index (Phi) is 11.8. The summed E-state index contributed by atoms with van der Waals surface area (Å²) in [6, 6.07) is 12.5. The molecule has 0 spiro atoms. The van der Waals surface area contributed by atoms with Crippen molar-refractivity contribution in [3.63, 3.8) is 0 Å². The summed E-state index contributed by atoms with van der Waals surface area (Å²) in [5.74, 6) is -6.16. The van der Waals surface area contributed by atoms with Crippen LogP contribution in [0.25, 0.3) is 0 Å². The second-order valence-electron chi connectivity index (χ2n) is 18.1. The first kappa shape index (κ1) is 36.0. The number of halogens is 2. The zero-order valence-corrected chi connectivity index (χ0v) is 33.6. The van der Waals surface area contributed by atoms with Gasteiger partial charge in [-0.05, 0) is 0 Å². The summed E-state index contributed by atoms with van der Waals surface area (Å²) in [5.41, 5.74) is 6.13. The molecule has 6 fully saturated rings. The van der Waals surface area contributed by atoms with E-state index in [1.54, 1.807) is 5.56 Å². The van der Waals surface area contributed by atoms with E-state index in [9.17, 15) is 22.5 Å². The van der Waals surface area contributed by atoms with Gasteiger partial charge in [-0.1, -0.05) is 0 Å². The van der Waals surface area contributed by atoms with Gasteiger partial charge in [0.25, 0.3) is 0 Å². The van der Waals surface area contributed by atoms with Crippen LogP contribution in [0, 0.1) is 0 Å². The molecular formula is C43H72Cl2P2. The fourth-order valence-corrected chi connectivity index (χ4v) is 46.4. The molecule has 0 saturated heterocycles. The average Bonchev–Trinajstić information content (AvgIpc) is 3.17. The summed E-state index contributed by atoms with van der Waals surface area (Å²) in [6.07, 6.45) is 42.7. The third-order valence-corrected chi connectivity index (χ3v) is 41.3. The van der Waals surface area contributed by atoms with Gasteiger partial charge in [-0.3, -0.25) is 0 Å². The standard InChI is InChI=1S/C43H72Cl2P2/c44-46(37-24-10-2-11-25-37,38-26-12-3-13-27-38,39-28-14-4-15-29-39)43(36-22-8-1-9-23-36)47(45,40-30-16-5-17-31-40,41-32-18-6-19-33-41)42-34-20-7-21-35-42/h1,8-9,22-23,37-43H,2-7,10-21,24-35H2. The Morgan fingerprint density at radius 1 is 0.340 bits per heavy atom. The van der Waals surface area contributed by atoms with E-state index in [0.29, 0.717) is 5.40 Å².